The minimum Gasteiger partial charge on any atom is -0.368 e. The van der Waals surface area contributed by atoms with Gasteiger partial charge >= 0.3 is 0 Å². The second-order valence-electron chi connectivity index (χ2n) is 8.06. The summed E-state index contributed by atoms with van der Waals surface area (Å²) >= 11 is 0. The van der Waals surface area contributed by atoms with E-state index in [1.165, 1.54) is 33.1 Å². The number of anilines is 1. The van der Waals surface area contributed by atoms with E-state index in [0.29, 0.717) is 0 Å². The summed E-state index contributed by atoms with van der Waals surface area (Å²) in [5.41, 5.74) is 6.37. The van der Waals surface area contributed by atoms with Crippen LogP contribution in [0.15, 0.2) is 71.8 Å². The van der Waals surface area contributed by atoms with Crippen LogP contribution in [0.3, 0.4) is 0 Å². The molecule has 0 saturated carbocycles. The maximum absolute atomic E-state index is 4.78. The van der Waals surface area contributed by atoms with Gasteiger partial charge in [0.15, 0.2) is 0 Å². The van der Waals surface area contributed by atoms with Crippen molar-refractivity contribution in [3.05, 3.63) is 77.9 Å². The minimum atomic E-state index is 0.946. The van der Waals surface area contributed by atoms with Crippen molar-refractivity contribution in [2.45, 2.75) is 20.4 Å². The van der Waals surface area contributed by atoms with Crippen LogP contribution in [0.5, 0.6) is 0 Å². The maximum atomic E-state index is 4.78. The number of aromatic nitrogens is 1. The van der Waals surface area contributed by atoms with Crippen molar-refractivity contribution >= 4 is 33.7 Å². The average molecular weight is 397 g/mol. The molecule has 4 heteroatoms. The SMILES string of the molecule is CCn1c2ccccc2c2cc(C=NN3CCN(c4ccc(C)cc4)CC3)ccc21. The molecule has 2 heterocycles. The molecule has 152 valence electrons. The predicted molar refractivity (Wildman–Crippen MR) is 128 cm³/mol. The summed E-state index contributed by atoms with van der Waals surface area (Å²) in [6.45, 7) is 9.21. The zero-order chi connectivity index (χ0) is 20.5. The Kier molecular flexibility index (Phi) is 4.91. The Balaban J connectivity index is 1.32. The smallest absolute Gasteiger partial charge is 0.0543 e. The molecule has 1 aliphatic rings. The number of piperazine rings is 1. The van der Waals surface area contributed by atoms with Crippen LogP contribution >= 0.6 is 0 Å². The molecule has 1 aliphatic heterocycles. The van der Waals surface area contributed by atoms with Gasteiger partial charge in [-0.15, -0.1) is 0 Å². The van der Waals surface area contributed by atoms with Crippen molar-refractivity contribution in [2.24, 2.45) is 5.10 Å². The first-order valence-corrected chi connectivity index (χ1v) is 10.8. The van der Waals surface area contributed by atoms with E-state index in [0.717, 1.165) is 38.3 Å². The van der Waals surface area contributed by atoms with E-state index in [-0.39, 0.29) is 0 Å². The van der Waals surface area contributed by atoms with Crippen LogP contribution in [0.2, 0.25) is 0 Å². The summed E-state index contributed by atoms with van der Waals surface area (Å²) in [6.07, 6.45) is 2.01. The Morgan fingerprint density at radius 3 is 2.33 bits per heavy atom. The number of hydrazone groups is 1. The molecule has 0 N–H and O–H groups in total. The van der Waals surface area contributed by atoms with Crippen molar-refractivity contribution < 1.29 is 0 Å². The second-order valence-corrected chi connectivity index (χ2v) is 8.06. The van der Waals surface area contributed by atoms with Gasteiger partial charge in [0.25, 0.3) is 0 Å². The normalized spacial score (nSPS) is 15.0. The van der Waals surface area contributed by atoms with Gasteiger partial charge in [-0.3, -0.25) is 5.01 Å². The standard InChI is InChI=1S/C26H28N4/c1-3-30-25-7-5-4-6-23(25)24-18-21(10-13-26(24)30)19-27-29-16-14-28(15-17-29)22-11-8-20(2)9-12-22/h4-13,18-19H,3,14-17H2,1-2H3. The number of aryl methyl sites for hydroxylation is 2. The Morgan fingerprint density at radius 1 is 0.833 bits per heavy atom. The molecule has 0 aliphatic carbocycles. The van der Waals surface area contributed by atoms with Crippen molar-refractivity contribution in [3.8, 4) is 0 Å². The number of rotatable bonds is 4. The van der Waals surface area contributed by atoms with E-state index < -0.39 is 0 Å². The molecule has 30 heavy (non-hydrogen) atoms. The monoisotopic (exact) mass is 396 g/mol. The van der Waals surface area contributed by atoms with Gasteiger partial charge in [-0.25, -0.2) is 0 Å². The Morgan fingerprint density at radius 2 is 1.57 bits per heavy atom. The summed E-state index contributed by atoms with van der Waals surface area (Å²) in [6, 6.07) is 24.2. The Labute approximate surface area is 178 Å². The molecule has 4 nitrogen and oxygen atoms in total. The summed E-state index contributed by atoms with van der Waals surface area (Å²) < 4.78 is 2.38. The minimum absolute atomic E-state index is 0.946. The van der Waals surface area contributed by atoms with Crippen molar-refractivity contribution in [1.29, 1.82) is 0 Å². The highest BCUT2D eigenvalue weighted by atomic mass is 15.5. The summed E-state index contributed by atoms with van der Waals surface area (Å²) in [5.74, 6) is 0. The number of benzene rings is 3. The van der Waals surface area contributed by atoms with Crippen molar-refractivity contribution in [3.63, 3.8) is 0 Å². The molecule has 0 bridgehead atoms. The van der Waals surface area contributed by atoms with Gasteiger partial charge in [-0.1, -0.05) is 42.0 Å². The van der Waals surface area contributed by atoms with Gasteiger partial charge in [0.05, 0.1) is 19.3 Å². The van der Waals surface area contributed by atoms with Crippen LogP contribution in [0.1, 0.15) is 18.1 Å². The van der Waals surface area contributed by atoms with Gasteiger partial charge in [0, 0.05) is 47.1 Å². The highest BCUT2D eigenvalue weighted by molar-refractivity contribution is 6.09. The molecule has 0 spiro atoms. The van der Waals surface area contributed by atoms with Crippen LogP contribution in [0.25, 0.3) is 21.8 Å². The molecular formula is C26H28N4. The highest BCUT2D eigenvalue weighted by Crippen LogP contribution is 2.29. The van der Waals surface area contributed by atoms with E-state index in [1.807, 2.05) is 6.21 Å². The topological polar surface area (TPSA) is 23.8 Å². The second kappa shape index (κ2) is 7.86. The highest BCUT2D eigenvalue weighted by Gasteiger charge is 2.15. The van der Waals surface area contributed by atoms with E-state index >= 15 is 0 Å². The fourth-order valence-corrected chi connectivity index (χ4v) is 4.47. The maximum Gasteiger partial charge on any atom is 0.0543 e. The lowest BCUT2D eigenvalue weighted by molar-refractivity contribution is 0.272. The lowest BCUT2D eigenvalue weighted by Gasteiger charge is -2.34. The first kappa shape index (κ1) is 18.7. The van der Waals surface area contributed by atoms with Gasteiger partial charge in [-0.2, -0.15) is 5.10 Å². The fraction of sp³-hybridized carbons (Fsp3) is 0.269. The van der Waals surface area contributed by atoms with E-state index in [4.69, 9.17) is 5.10 Å². The average Bonchev–Trinajstić information content (AvgIpc) is 3.11. The van der Waals surface area contributed by atoms with Crippen molar-refractivity contribution in [2.75, 3.05) is 31.1 Å². The molecular weight excluding hydrogens is 368 g/mol. The zero-order valence-electron chi connectivity index (χ0n) is 17.8. The third-order valence-electron chi connectivity index (χ3n) is 6.14. The van der Waals surface area contributed by atoms with Gasteiger partial charge in [-0.05, 0) is 49.7 Å². The number of nitrogens with zero attached hydrogens (tertiary/aromatic N) is 4. The lowest BCUT2D eigenvalue weighted by atomic mass is 10.1. The first-order valence-electron chi connectivity index (χ1n) is 10.8. The van der Waals surface area contributed by atoms with Gasteiger partial charge < -0.3 is 9.47 Å². The summed E-state index contributed by atoms with van der Waals surface area (Å²) in [4.78, 5) is 2.44. The first-order chi connectivity index (χ1) is 14.7. The predicted octanol–water partition coefficient (Wildman–Crippen LogP) is 5.28. The van der Waals surface area contributed by atoms with E-state index in [2.05, 4.69) is 95.1 Å². The molecule has 0 atom stereocenters. The third kappa shape index (κ3) is 3.43. The van der Waals surface area contributed by atoms with Gasteiger partial charge in [0.2, 0.25) is 0 Å². The molecule has 1 fully saturated rings. The largest absolute Gasteiger partial charge is 0.368 e. The molecule has 4 aromatic rings. The molecule has 1 saturated heterocycles. The number of hydrogen-bond donors (Lipinski definition) is 0. The van der Waals surface area contributed by atoms with Crippen LogP contribution in [0.4, 0.5) is 5.69 Å². The number of para-hydroxylation sites is 1. The van der Waals surface area contributed by atoms with Gasteiger partial charge in [0.1, 0.15) is 0 Å². The van der Waals surface area contributed by atoms with Crippen molar-refractivity contribution in [1.82, 2.24) is 9.58 Å². The third-order valence-corrected chi connectivity index (χ3v) is 6.14. The molecule has 0 amide bonds. The summed E-state index contributed by atoms with van der Waals surface area (Å²) in [5, 5.41) is 9.59. The Bertz CT molecular complexity index is 1200. The molecule has 5 rings (SSSR count). The molecule has 3 aromatic carbocycles. The Hall–Kier alpha value is -3.27. The lowest BCUT2D eigenvalue weighted by Crippen LogP contribution is -2.44. The van der Waals surface area contributed by atoms with E-state index in [9.17, 15) is 0 Å². The number of hydrogen-bond acceptors (Lipinski definition) is 3. The fourth-order valence-electron chi connectivity index (χ4n) is 4.47. The quantitative estimate of drug-likeness (QED) is 0.438. The van der Waals surface area contributed by atoms with Crippen LogP contribution in [0, 0.1) is 6.92 Å². The van der Waals surface area contributed by atoms with Crippen LogP contribution in [-0.2, 0) is 6.54 Å². The van der Waals surface area contributed by atoms with Crippen LogP contribution in [-0.4, -0.2) is 42.0 Å². The van der Waals surface area contributed by atoms with E-state index in [1.54, 1.807) is 0 Å². The zero-order valence-corrected chi connectivity index (χ0v) is 17.8. The molecule has 0 radical (unpaired) electrons. The molecule has 0 unspecified atom stereocenters. The number of fused-ring (bicyclic) bond motifs is 3. The van der Waals surface area contributed by atoms with Crippen LogP contribution < -0.4 is 4.90 Å². The molecule has 1 aromatic heterocycles. The summed E-state index contributed by atoms with van der Waals surface area (Å²) in [7, 11) is 0.